The maximum Gasteiger partial charge on any atom is 0.317 e. The summed E-state index contributed by atoms with van der Waals surface area (Å²) in [5.41, 5.74) is 0.0195. The van der Waals surface area contributed by atoms with Gasteiger partial charge in [0.05, 0.1) is 0 Å². The number of amides is 2. The Morgan fingerprint density at radius 1 is 1.54 bits per heavy atom. The first-order valence-electron chi connectivity index (χ1n) is 4.66. The van der Waals surface area contributed by atoms with Crippen LogP contribution in [0.1, 0.15) is 20.3 Å². The molecule has 0 spiro atoms. The maximum absolute atomic E-state index is 11.4. The molecule has 0 aromatic carbocycles. The molecular weight excluding hydrogens is 166 g/mol. The lowest BCUT2D eigenvalue weighted by molar-refractivity contribution is 0.207. The number of rotatable bonds is 1. The van der Waals surface area contributed by atoms with Crippen molar-refractivity contribution in [3.8, 4) is 0 Å². The van der Waals surface area contributed by atoms with E-state index in [4.69, 9.17) is 0 Å². The van der Waals surface area contributed by atoms with Crippen LogP contribution in [0.3, 0.4) is 0 Å². The summed E-state index contributed by atoms with van der Waals surface area (Å²) in [4.78, 5) is 12.9. The summed E-state index contributed by atoms with van der Waals surface area (Å²) in [7, 11) is 3.51. The molecule has 0 radical (unpaired) electrons. The molecule has 4 nitrogen and oxygen atoms in total. The molecule has 0 saturated carbocycles. The average Bonchev–Trinajstić information content (AvgIpc) is 2.30. The Kier molecular flexibility index (Phi) is 2.81. The largest absolute Gasteiger partial charge is 0.333 e. The van der Waals surface area contributed by atoms with Crippen LogP contribution < -0.4 is 10.6 Å². The fourth-order valence-electron chi connectivity index (χ4n) is 1.55. The lowest BCUT2D eigenvalue weighted by atomic mass is 9.97. The number of carbonyl (C=O) groups excluding carboxylic acids is 1. The predicted octanol–water partition coefficient (Wildman–Crippen LogP) is 0.398. The summed E-state index contributed by atoms with van der Waals surface area (Å²) in [6.45, 7) is 5.20. The fourth-order valence-corrected chi connectivity index (χ4v) is 1.55. The minimum atomic E-state index is -0.0122. The summed E-state index contributed by atoms with van der Waals surface area (Å²) in [6.07, 6.45) is 1.01. The first kappa shape index (κ1) is 10.3. The lowest BCUT2D eigenvalue weighted by Crippen LogP contribution is -2.52. The number of urea groups is 1. The molecule has 13 heavy (non-hydrogen) atoms. The van der Waals surface area contributed by atoms with E-state index in [2.05, 4.69) is 24.5 Å². The van der Waals surface area contributed by atoms with E-state index in [1.54, 1.807) is 19.0 Å². The maximum atomic E-state index is 11.4. The number of hydrogen-bond donors (Lipinski definition) is 2. The monoisotopic (exact) mass is 185 g/mol. The van der Waals surface area contributed by atoms with Gasteiger partial charge in [-0.05, 0) is 26.8 Å². The van der Waals surface area contributed by atoms with Gasteiger partial charge >= 0.3 is 6.03 Å². The third-order valence-corrected chi connectivity index (χ3v) is 2.59. The van der Waals surface area contributed by atoms with Gasteiger partial charge < -0.3 is 15.5 Å². The molecule has 0 aliphatic carbocycles. The van der Waals surface area contributed by atoms with Crippen molar-refractivity contribution in [3.63, 3.8) is 0 Å². The second-order valence-corrected chi connectivity index (χ2v) is 4.33. The van der Waals surface area contributed by atoms with Gasteiger partial charge in [-0.2, -0.15) is 0 Å². The van der Waals surface area contributed by atoms with Crippen LogP contribution in [0.2, 0.25) is 0 Å². The molecular formula is C9H19N3O. The molecule has 0 aromatic rings. The van der Waals surface area contributed by atoms with Crippen LogP contribution in [0.25, 0.3) is 0 Å². The van der Waals surface area contributed by atoms with Crippen molar-refractivity contribution in [3.05, 3.63) is 0 Å². The van der Waals surface area contributed by atoms with Crippen molar-refractivity contribution in [1.29, 1.82) is 0 Å². The van der Waals surface area contributed by atoms with Crippen molar-refractivity contribution in [2.24, 2.45) is 0 Å². The van der Waals surface area contributed by atoms with Gasteiger partial charge in [-0.25, -0.2) is 4.79 Å². The van der Waals surface area contributed by atoms with E-state index in [0.717, 1.165) is 13.0 Å². The van der Waals surface area contributed by atoms with E-state index in [0.29, 0.717) is 0 Å². The highest BCUT2D eigenvalue weighted by molar-refractivity contribution is 5.74. The van der Waals surface area contributed by atoms with Crippen LogP contribution in [0.5, 0.6) is 0 Å². The van der Waals surface area contributed by atoms with Gasteiger partial charge in [0.15, 0.2) is 0 Å². The Hall–Kier alpha value is -0.770. The quantitative estimate of drug-likeness (QED) is 0.621. The van der Waals surface area contributed by atoms with Gasteiger partial charge in [0.1, 0.15) is 0 Å². The molecule has 1 unspecified atom stereocenters. The number of nitrogens with zero attached hydrogens (tertiary/aromatic N) is 1. The van der Waals surface area contributed by atoms with E-state index in [-0.39, 0.29) is 17.6 Å². The van der Waals surface area contributed by atoms with Gasteiger partial charge in [-0.15, -0.1) is 0 Å². The first-order valence-corrected chi connectivity index (χ1v) is 4.66. The lowest BCUT2D eigenvalue weighted by Gasteiger charge is -2.28. The minimum absolute atomic E-state index is 0.0122. The zero-order chi connectivity index (χ0) is 10.1. The van der Waals surface area contributed by atoms with E-state index in [9.17, 15) is 4.79 Å². The van der Waals surface area contributed by atoms with Crippen LogP contribution in [0.15, 0.2) is 0 Å². The highest BCUT2D eigenvalue weighted by atomic mass is 16.2. The summed E-state index contributed by atoms with van der Waals surface area (Å²) in [5.74, 6) is 0. The Bertz CT molecular complexity index is 201. The highest BCUT2D eigenvalue weighted by Crippen LogP contribution is 2.18. The van der Waals surface area contributed by atoms with Gasteiger partial charge in [0.2, 0.25) is 0 Å². The Morgan fingerprint density at radius 2 is 2.15 bits per heavy atom. The normalized spacial score (nSPS) is 25.7. The van der Waals surface area contributed by atoms with Gasteiger partial charge in [0.25, 0.3) is 0 Å². The zero-order valence-corrected chi connectivity index (χ0v) is 8.85. The van der Waals surface area contributed by atoms with E-state index >= 15 is 0 Å². The Morgan fingerprint density at radius 3 is 2.54 bits per heavy atom. The minimum Gasteiger partial charge on any atom is -0.333 e. The van der Waals surface area contributed by atoms with Crippen LogP contribution >= 0.6 is 0 Å². The number of nitrogens with one attached hydrogen (secondary N) is 2. The van der Waals surface area contributed by atoms with Crippen molar-refractivity contribution >= 4 is 6.03 Å². The number of hydrogen-bond acceptors (Lipinski definition) is 2. The number of carbonyl (C=O) groups is 1. The molecule has 0 aromatic heterocycles. The van der Waals surface area contributed by atoms with Crippen molar-refractivity contribution in [2.45, 2.75) is 31.8 Å². The van der Waals surface area contributed by atoms with E-state index in [1.165, 1.54) is 0 Å². The van der Waals surface area contributed by atoms with Crippen LogP contribution in [-0.2, 0) is 0 Å². The summed E-state index contributed by atoms with van der Waals surface area (Å²) < 4.78 is 0. The van der Waals surface area contributed by atoms with Crippen LogP contribution in [0, 0.1) is 0 Å². The Balaban J connectivity index is 2.50. The summed E-state index contributed by atoms with van der Waals surface area (Å²) in [6, 6.07) is 0.226. The molecule has 1 saturated heterocycles. The Labute approximate surface area is 79.7 Å². The third-order valence-electron chi connectivity index (χ3n) is 2.59. The second-order valence-electron chi connectivity index (χ2n) is 4.33. The fraction of sp³-hybridized carbons (Fsp3) is 0.889. The molecule has 0 bridgehead atoms. The molecule has 1 rings (SSSR count). The summed E-state index contributed by atoms with van der Waals surface area (Å²) >= 11 is 0. The van der Waals surface area contributed by atoms with Crippen LogP contribution in [0.4, 0.5) is 4.79 Å². The first-order chi connectivity index (χ1) is 5.93. The molecule has 1 atom stereocenters. The van der Waals surface area contributed by atoms with Gasteiger partial charge in [0, 0.05) is 25.7 Å². The zero-order valence-electron chi connectivity index (χ0n) is 8.85. The highest BCUT2D eigenvalue weighted by Gasteiger charge is 2.35. The standard InChI is InChI=1S/C9H19N3O/c1-9(2)7(5-6-10-9)11-8(13)12(3)4/h7,10H,5-6H2,1-4H3,(H,11,13). The molecule has 4 heteroatoms. The molecule has 1 aliphatic rings. The summed E-state index contributed by atoms with van der Waals surface area (Å²) in [5, 5.41) is 6.35. The predicted molar refractivity (Wildman–Crippen MR) is 52.7 cm³/mol. The van der Waals surface area contributed by atoms with Crippen molar-refractivity contribution < 1.29 is 4.79 Å². The van der Waals surface area contributed by atoms with Crippen LogP contribution in [-0.4, -0.2) is 43.2 Å². The molecule has 1 heterocycles. The van der Waals surface area contributed by atoms with E-state index in [1.807, 2.05) is 0 Å². The topological polar surface area (TPSA) is 44.4 Å². The molecule has 2 amide bonds. The van der Waals surface area contributed by atoms with Crippen molar-refractivity contribution in [2.75, 3.05) is 20.6 Å². The molecule has 1 aliphatic heterocycles. The van der Waals surface area contributed by atoms with Gasteiger partial charge in [-0.1, -0.05) is 0 Å². The van der Waals surface area contributed by atoms with Gasteiger partial charge in [-0.3, -0.25) is 0 Å². The van der Waals surface area contributed by atoms with Crippen molar-refractivity contribution in [1.82, 2.24) is 15.5 Å². The average molecular weight is 185 g/mol. The second kappa shape index (κ2) is 3.54. The van der Waals surface area contributed by atoms with E-state index < -0.39 is 0 Å². The smallest absolute Gasteiger partial charge is 0.317 e. The molecule has 2 N–H and O–H groups in total. The molecule has 1 fully saturated rings. The SMILES string of the molecule is CN(C)C(=O)NC1CCNC1(C)C. The molecule has 76 valence electrons. The third kappa shape index (κ3) is 2.34.